The van der Waals surface area contributed by atoms with E-state index >= 15 is 0 Å². The van der Waals surface area contributed by atoms with Gasteiger partial charge >= 0.3 is 15.5 Å². The van der Waals surface area contributed by atoms with Crippen LogP contribution in [0, 0.1) is 5.92 Å². The second-order valence-corrected chi connectivity index (χ2v) is 9.44. The molecule has 2 fully saturated rings. The first-order valence-corrected chi connectivity index (χ1v) is 11.4. The zero-order valence-electron chi connectivity index (χ0n) is 17.0. The lowest BCUT2D eigenvalue weighted by molar-refractivity contribution is -0.0494. The summed E-state index contributed by atoms with van der Waals surface area (Å²) < 4.78 is 61.4. The minimum atomic E-state index is -5.24. The molecule has 2 saturated heterocycles. The van der Waals surface area contributed by atoms with E-state index in [0.29, 0.717) is 29.0 Å². The van der Waals surface area contributed by atoms with Gasteiger partial charge in [0.05, 0.1) is 0 Å². The molecule has 0 radical (unpaired) electrons. The predicted molar refractivity (Wildman–Crippen MR) is 119 cm³/mol. The zero-order chi connectivity index (χ0) is 20.8. The van der Waals surface area contributed by atoms with Crippen molar-refractivity contribution in [1.82, 2.24) is 19.8 Å². The van der Waals surface area contributed by atoms with Crippen LogP contribution >= 0.6 is 24.0 Å². The van der Waals surface area contributed by atoms with Gasteiger partial charge in [0.2, 0.25) is 0 Å². The van der Waals surface area contributed by atoms with Gasteiger partial charge in [0.25, 0.3) is 0 Å². The number of halogens is 4. The van der Waals surface area contributed by atoms with E-state index in [4.69, 9.17) is 0 Å². The second-order valence-electron chi connectivity index (χ2n) is 7.51. The number of nitrogens with zero attached hydrogens (tertiary/aromatic N) is 3. The third kappa shape index (κ3) is 7.69. The summed E-state index contributed by atoms with van der Waals surface area (Å²) in [5, 5.41) is 6.52. The largest absolute Gasteiger partial charge is 0.511 e. The number of hydrogen-bond donors (Lipinski definition) is 2. The number of nitrogens with one attached hydrogen (secondary N) is 2. The molecule has 0 aromatic rings. The van der Waals surface area contributed by atoms with Crippen LogP contribution in [0.5, 0.6) is 0 Å². The first-order chi connectivity index (χ1) is 13.2. The SMILES string of the molecule is CCCN1CCC(CNC(=NC)NC2CCN(S(=O)(=O)C(F)(F)F)CC2)CC1.I. The van der Waals surface area contributed by atoms with E-state index in [1.807, 2.05) is 0 Å². The average molecular weight is 555 g/mol. The lowest BCUT2D eigenvalue weighted by atomic mass is 9.97. The van der Waals surface area contributed by atoms with Crippen LogP contribution in [0.4, 0.5) is 13.2 Å². The van der Waals surface area contributed by atoms with Crippen molar-refractivity contribution in [2.45, 2.75) is 50.6 Å². The van der Waals surface area contributed by atoms with Crippen LogP contribution in [0.3, 0.4) is 0 Å². The molecule has 29 heavy (non-hydrogen) atoms. The van der Waals surface area contributed by atoms with Gasteiger partial charge in [0.15, 0.2) is 5.96 Å². The van der Waals surface area contributed by atoms with Gasteiger partial charge in [-0.05, 0) is 57.7 Å². The molecule has 0 aromatic carbocycles. The Balaban J connectivity index is 0.00000420. The molecule has 0 aromatic heterocycles. The molecule has 2 aliphatic rings. The van der Waals surface area contributed by atoms with E-state index in [-0.39, 0.29) is 43.1 Å². The number of alkyl halides is 3. The summed E-state index contributed by atoms with van der Waals surface area (Å²) >= 11 is 0. The maximum Gasteiger partial charge on any atom is 0.511 e. The van der Waals surface area contributed by atoms with Gasteiger partial charge in [-0.2, -0.15) is 17.5 Å². The summed E-state index contributed by atoms with van der Waals surface area (Å²) in [7, 11) is -3.58. The summed E-state index contributed by atoms with van der Waals surface area (Å²) in [6.07, 6.45) is 4.06. The van der Waals surface area contributed by atoms with Crippen molar-refractivity contribution in [3.8, 4) is 0 Å². The molecular formula is C17H33F3IN5O2S. The minimum absolute atomic E-state index is 0. The van der Waals surface area contributed by atoms with Crippen LogP contribution in [0.1, 0.15) is 39.0 Å². The van der Waals surface area contributed by atoms with Crippen LogP contribution in [0.2, 0.25) is 0 Å². The summed E-state index contributed by atoms with van der Waals surface area (Å²) in [4.78, 5) is 6.67. The molecule has 0 aliphatic carbocycles. The van der Waals surface area contributed by atoms with E-state index in [0.717, 1.165) is 39.0 Å². The van der Waals surface area contributed by atoms with Crippen molar-refractivity contribution in [3.05, 3.63) is 0 Å². The quantitative estimate of drug-likeness (QED) is 0.299. The molecule has 172 valence electrons. The molecule has 7 nitrogen and oxygen atoms in total. The summed E-state index contributed by atoms with van der Waals surface area (Å²) in [5.41, 5.74) is -5.24. The lowest BCUT2D eigenvalue weighted by Crippen LogP contribution is -2.52. The Morgan fingerprint density at radius 3 is 2.17 bits per heavy atom. The smallest absolute Gasteiger partial charge is 0.356 e. The first-order valence-electron chi connectivity index (χ1n) is 9.93. The number of hydrogen-bond acceptors (Lipinski definition) is 4. The molecule has 0 atom stereocenters. The molecule has 2 rings (SSSR count). The summed E-state index contributed by atoms with van der Waals surface area (Å²) in [6.45, 7) is 6.06. The molecule has 2 N–H and O–H groups in total. The normalized spacial score (nSPS) is 21.6. The maximum absolute atomic E-state index is 12.6. The fourth-order valence-electron chi connectivity index (χ4n) is 3.75. The highest BCUT2D eigenvalue weighted by atomic mass is 127. The highest BCUT2D eigenvalue weighted by molar-refractivity contribution is 14.0. The first kappa shape index (κ1) is 26.7. The van der Waals surface area contributed by atoms with E-state index in [1.54, 1.807) is 7.05 Å². The number of guanidine groups is 1. The van der Waals surface area contributed by atoms with E-state index < -0.39 is 15.5 Å². The van der Waals surface area contributed by atoms with E-state index in [9.17, 15) is 21.6 Å². The highest BCUT2D eigenvalue weighted by Crippen LogP contribution is 2.28. The Bertz CT molecular complexity index is 617. The number of likely N-dealkylation sites (tertiary alicyclic amines) is 1. The second kappa shape index (κ2) is 11.9. The minimum Gasteiger partial charge on any atom is -0.356 e. The maximum atomic E-state index is 12.6. The average Bonchev–Trinajstić information content (AvgIpc) is 2.66. The molecular weight excluding hydrogens is 522 g/mol. The summed E-state index contributed by atoms with van der Waals surface area (Å²) in [6, 6.07) is -0.0997. The van der Waals surface area contributed by atoms with Gasteiger partial charge in [0, 0.05) is 32.7 Å². The van der Waals surface area contributed by atoms with Crippen LogP contribution < -0.4 is 10.6 Å². The Morgan fingerprint density at radius 1 is 1.10 bits per heavy atom. The number of piperidine rings is 2. The Hall–Kier alpha value is -0.340. The third-order valence-corrected chi connectivity index (χ3v) is 7.09. The molecule has 12 heteroatoms. The van der Waals surface area contributed by atoms with Crippen molar-refractivity contribution in [2.75, 3.05) is 46.3 Å². The van der Waals surface area contributed by atoms with Crippen molar-refractivity contribution in [3.63, 3.8) is 0 Å². The number of rotatable bonds is 6. The van der Waals surface area contributed by atoms with Crippen molar-refractivity contribution >= 4 is 40.0 Å². The topological polar surface area (TPSA) is 77.0 Å². The van der Waals surface area contributed by atoms with Gasteiger partial charge in [0.1, 0.15) is 0 Å². The molecule has 0 unspecified atom stereocenters. The molecule has 2 aliphatic heterocycles. The zero-order valence-corrected chi connectivity index (χ0v) is 20.2. The fourth-order valence-corrected chi connectivity index (χ4v) is 4.73. The third-order valence-electron chi connectivity index (χ3n) is 5.46. The van der Waals surface area contributed by atoms with Crippen molar-refractivity contribution < 1.29 is 21.6 Å². The van der Waals surface area contributed by atoms with Crippen LogP contribution in [-0.4, -0.2) is 81.4 Å². The predicted octanol–water partition coefficient (Wildman–Crippen LogP) is 2.21. The Labute approximate surface area is 188 Å². The number of aliphatic imine (C=N–C) groups is 1. The monoisotopic (exact) mass is 555 g/mol. The van der Waals surface area contributed by atoms with Crippen LogP contribution in [0.15, 0.2) is 4.99 Å². The molecule has 0 saturated carbocycles. The molecule has 0 bridgehead atoms. The van der Waals surface area contributed by atoms with Gasteiger partial charge in [-0.3, -0.25) is 4.99 Å². The van der Waals surface area contributed by atoms with E-state index in [1.165, 1.54) is 6.42 Å². The summed E-state index contributed by atoms with van der Waals surface area (Å²) in [5.74, 6) is 1.19. The lowest BCUT2D eigenvalue weighted by Gasteiger charge is -2.34. The van der Waals surface area contributed by atoms with Crippen molar-refractivity contribution in [2.24, 2.45) is 10.9 Å². The Kier molecular flexibility index (Phi) is 10.9. The van der Waals surface area contributed by atoms with Crippen molar-refractivity contribution in [1.29, 1.82) is 0 Å². The standard InChI is InChI=1S/C17H32F3N5O2S.HI/c1-3-8-24-9-4-14(5-10-24)13-22-16(21-2)23-15-6-11-25(12-7-15)28(26,27)17(18,19)20;/h14-15H,3-13H2,1-2H3,(H2,21,22,23);1H. The van der Waals surface area contributed by atoms with Gasteiger partial charge in [-0.1, -0.05) is 6.92 Å². The van der Waals surface area contributed by atoms with E-state index in [2.05, 4.69) is 27.4 Å². The number of sulfonamides is 1. The van der Waals surface area contributed by atoms with Gasteiger partial charge < -0.3 is 15.5 Å². The highest BCUT2D eigenvalue weighted by Gasteiger charge is 2.50. The fraction of sp³-hybridized carbons (Fsp3) is 0.941. The molecule has 0 spiro atoms. The Morgan fingerprint density at radius 2 is 1.69 bits per heavy atom. The molecule has 0 amide bonds. The van der Waals surface area contributed by atoms with Gasteiger partial charge in [-0.25, -0.2) is 8.42 Å². The molecule has 2 heterocycles. The van der Waals surface area contributed by atoms with Crippen LogP contribution in [0.25, 0.3) is 0 Å². The van der Waals surface area contributed by atoms with Gasteiger partial charge in [-0.15, -0.1) is 24.0 Å². The van der Waals surface area contributed by atoms with Crippen LogP contribution in [-0.2, 0) is 10.0 Å².